The molecule has 0 amide bonds. The van der Waals surface area contributed by atoms with E-state index in [0.29, 0.717) is 18.8 Å². The zero-order chi connectivity index (χ0) is 15.0. The van der Waals surface area contributed by atoms with Gasteiger partial charge >= 0.3 is 0 Å². The molecular formula is C13H24N4O2S. The molecule has 20 heavy (non-hydrogen) atoms. The van der Waals surface area contributed by atoms with Gasteiger partial charge in [-0.1, -0.05) is 0 Å². The van der Waals surface area contributed by atoms with Crippen molar-refractivity contribution in [3.05, 3.63) is 18.5 Å². The Morgan fingerprint density at radius 3 is 2.70 bits per heavy atom. The second kappa shape index (κ2) is 8.18. The first kappa shape index (κ1) is 16.9. The van der Waals surface area contributed by atoms with Crippen LogP contribution in [0.25, 0.3) is 0 Å². The monoisotopic (exact) mass is 300 g/mol. The van der Waals surface area contributed by atoms with E-state index in [2.05, 4.69) is 19.9 Å². The molecule has 0 saturated carbocycles. The molecule has 0 saturated heterocycles. The molecule has 2 N–H and O–H groups in total. The van der Waals surface area contributed by atoms with Crippen molar-refractivity contribution in [1.29, 1.82) is 0 Å². The van der Waals surface area contributed by atoms with Crippen LogP contribution < -0.4 is 10.0 Å². The molecule has 0 atom stereocenters. The van der Waals surface area contributed by atoms with Crippen LogP contribution >= 0.6 is 0 Å². The number of anilines is 1. The molecule has 0 unspecified atom stereocenters. The SMILES string of the molecule is CCNc1ccncc1S(=O)(=O)NCCCCN(C)C. The van der Waals surface area contributed by atoms with Crippen molar-refractivity contribution >= 4 is 15.7 Å². The summed E-state index contributed by atoms with van der Waals surface area (Å²) in [5, 5.41) is 3.03. The Labute approximate surface area is 121 Å². The molecule has 1 heterocycles. The van der Waals surface area contributed by atoms with Gasteiger partial charge in [0.15, 0.2) is 0 Å². The van der Waals surface area contributed by atoms with Crippen LogP contribution in [-0.4, -0.2) is 52.0 Å². The molecular weight excluding hydrogens is 276 g/mol. The van der Waals surface area contributed by atoms with Crippen molar-refractivity contribution in [1.82, 2.24) is 14.6 Å². The summed E-state index contributed by atoms with van der Waals surface area (Å²) in [5.41, 5.74) is 0.586. The maximum Gasteiger partial charge on any atom is 0.244 e. The third kappa shape index (κ3) is 5.44. The van der Waals surface area contributed by atoms with Crippen LogP contribution in [0, 0.1) is 0 Å². The highest BCUT2D eigenvalue weighted by atomic mass is 32.2. The second-order valence-electron chi connectivity index (χ2n) is 4.81. The number of hydrogen-bond donors (Lipinski definition) is 2. The molecule has 0 spiro atoms. The van der Waals surface area contributed by atoms with Gasteiger partial charge in [0.1, 0.15) is 4.90 Å². The minimum atomic E-state index is -3.50. The average Bonchev–Trinajstić information content (AvgIpc) is 2.38. The minimum Gasteiger partial charge on any atom is -0.384 e. The first-order valence-corrected chi connectivity index (χ1v) is 8.28. The van der Waals surface area contributed by atoms with Crippen molar-refractivity contribution in [3.8, 4) is 0 Å². The Balaban J connectivity index is 2.60. The van der Waals surface area contributed by atoms with Gasteiger partial charge in [-0.2, -0.15) is 0 Å². The smallest absolute Gasteiger partial charge is 0.244 e. The van der Waals surface area contributed by atoms with E-state index in [4.69, 9.17) is 0 Å². The topological polar surface area (TPSA) is 74.3 Å². The fourth-order valence-corrected chi connectivity index (χ4v) is 2.97. The van der Waals surface area contributed by atoms with Crippen molar-refractivity contribution in [2.75, 3.05) is 39.0 Å². The molecule has 1 aromatic rings. The first-order chi connectivity index (χ1) is 9.47. The Morgan fingerprint density at radius 1 is 1.30 bits per heavy atom. The molecule has 0 aromatic carbocycles. The number of aromatic nitrogens is 1. The molecule has 0 fully saturated rings. The largest absolute Gasteiger partial charge is 0.384 e. The van der Waals surface area contributed by atoms with E-state index in [1.54, 1.807) is 12.3 Å². The predicted molar refractivity (Wildman–Crippen MR) is 81.4 cm³/mol. The van der Waals surface area contributed by atoms with Crippen molar-refractivity contribution in [2.24, 2.45) is 0 Å². The molecule has 1 rings (SSSR count). The summed E-state index contributed by atoms with van der Waals surface area (Å²) in [6.07, 6.45) is 4.73. The summed E-state index contributed by atoms with van der Waals surface area (Å²) in [7, 11) is 0.503. The van der Waals surface area contributed by atoms with Gasteiger partial charge in [-0.05, 0) is 46.5 Å². The molecule has 0 aliphatic rings. The third-order valence-corrected chi connectivity index (χ3v) is 4.25. The van der Waals surface area contributed by atoms with Gasteiger partial charge in [0.25, 0.3) is 0 Å². The van der Waals surface area contributed by atoms with Crippen LogP contribution in [0.2, 0.25) is 0 Å². The molecule has 7 heteroatoms. The zero-order valence-electron chi connectivity index (χ0n) is 12.4. The van der Waals surface area contributed by atoms with Gasteiger partial charge in [-0.15, -0.1) is 0 Å². The predicted octanol–water partition coefficient (Wildman–Crippen LogP) is 1.13. The standard InChI is InChI=1S/C13H24N4O2S/c1-4-15-12-7-9-14-11-13(12)20(18,19)16-8-5-6-10-17(2)3/h7,9,11,16H,4-6,8,10H2,1-3H3,(H,14,15). The Bertz CT molecular complexity index is 503. The summed E-state index contributed by atoms with van der Waals surface area (Å²) in [6, 6.07) is 1.67. The summed E-state index contributed by atoms with van der Waals surface area (Å²) in [4.78, 5) is 6.18. The van der Waals surface area contributed by atoms with Crippen LogP contribution in [-0.2, 0) is 10.0 Å². The minimum absolute atomic E-state index is 0.203. The number of nitrogens with zero attached hydrogens (tertiary/aromatic N) is 2. The van der Waals surface area contributed by atoms with Crippen molar-refractivity contribution < 1.29 is 8.42 Å². The lowest BCUT2D eigenvalue weighted by Crippen LogP contribution is -2.26. The van der Waals surface area contributed by atoms with Crippen LogP contribution in [0.4, 0.5) is 5.69 Å². The maximum absolute atomic E-state index is 12.2. The molecule has 114 valence electrons. The van der Waals surface area contributed by atoms with Crippen LogP contribution in [0.3, 0.4) is 0 Å². The van der Waals surface area contributed by atoms with E-state index in [0.717, 1.165) is 19.4 Å². The van der Waals surface area contributed by atoms with E-state index in [1.165, 1.54) is 6.20 Å². The fourth-order valence-electron chi connectivity index (χ4n) is 1.77. The van der Waals surface area contributed by atoms with Gasteiger partial charge in [0, 0.05) is 25.5 Å². The lowest BCUT2D eigenvalue weighted by molar-refractivity contribution is 0.394. The van der Waals surface area contributed by atoms with Gasteiger partial charge < -0.3 is 10.2 Å². The summed E-state index contributed by atoms with van der Waals surface area (Å²) in [6.45, 7) is 3.98. The molecule has 0 aliphatic heterocycles. The van der Waals surface area contributed by atoms with E-state index >= 15 is 0 Å². The quantitative estimate of drug-likeness (QED) is 0.669. The number of sulfonamides is 1. The highest BCUT2D eigenvalue weighted by Gasteiger charge is 2.17. The lowest BCUT2D eigenvalue weighted by atomic mass is 10.3. The Kier molecular flexibility index (Phi) is 6.90. The summed E-state index contributed by atoms with van der Waals surface area (Å²) < 4.78 is 27.1. The third-order valence-electron chi connectivity index (χ3n) is 2.77. The van der Waals surface area contributed by atoms with Gasteiger partial charge in [0.2, 0.25) is 10.0 Å². The van der Waals surface area contributed by atoms with Gasteiger partial charge in [-0.3, -0.25) is 4.98 Å². The number of pyridine rings is 1. The van der Waals surface area contributed by atoms with Gasteiger partial charge in [-0.25, -0.2) is 13.1 Å². The molecule has 6 nitrogen and oxygen atoms in total. The van der Waals surface area contributed by atoms with E-state index in [-0.39, 0.29) is 4.90 Å². The normalized spacial score (nSPS) is 11.8. The average molecular weight is 300 g/mol. The number of hydrogen-bond acceptors (Lipinski definition) is 5. The Morgan fingerprint density at radius 2 is 2.05 bits per heavy atom. The fraction of sp³-hybridized carbons (Fsp3) is 0.615. The van der Waals surface area contributed by atoms with E-state index in [9.17, 15) is 8.42 Å². The highest BCUT2D eigenvalue weighted by Crippen LogP contribution is 2.18. The maximum atomic E-state index is 12.2. The van der Waals surface area contributed by atoms with Crippen LogP contribution in [0.1, 0.15) is 19.8 Å². The Hall–Kier alpha value is -1.18. The summed E-state index contributed by atoms with van der Waals surface area (Å²) >= 11 is 0. The lowest BCUT2D eigenvalue weighted by Gasteiger charge is -2.12. The van der Waals surface area contributed by atoms with E-state index < -0.39 is 10.0 Å². The van der Waals surface area contributed by atoms with Crippen LogP contribution in [0.15, 0.2) is 23.4 Å². The van der Waals surface area contributed by atoms with Crippen molar-refractivity contribution in [2.45, 2.75) is 24.7 Å². The zero-order valence-corrected chi connectivity index (χ0v) is 13.2. The molecule has 0 radical (unpaired) electrons. The first-order valence-electron chi connectivity index (χ1n) is 6.79. The molecule has 1 aromatic heterocycles. The number of nitrogens with one attached hydrogen (secondary N) is 2. The summed E-state index contributed by atoms with van der Waals surface area (Å²) in [5.74, 6) is 0. The van der Waals surface area contributed by atoms with E-state index in [1.807, 2.05) is 21.0 Å². The molecule has 0 bridgehead atoms. The van der Waals surface area contributed by atoms with Crippen molar-refractivity contribution in [3.63, 3.8) is 0 Å². The second-order valence-corrected chi connectivity index (χ2v) is 6.55. The molecule has 0 aliphatic carbocycles. The highest BCUT2D eigenvalue weighted by molar-refractivity contribution is 7.89. The number of unbranched alkanes of at least 4 members (excludes halogenated alkanes) is 1. The van der Waals surface area contributed by atoms with Crippen LogP contribution in [0.5, 0.6) is 0 Å². The number of rotatable bonds is 9. The van der Waals surface area contributed by atoms with Gasteiger partial charge in [0.05, 0.1) is 5.69 Å².